The lowest BCUT2D eigenvalue weighted by Crippen LogP contribution is -2.05. The number of ether oxygens (including phenoxy) is 1. The number of esters is 1. The average Bonchev–Trinajstić information content (AvgIpc) is 3.09. The van der Waals surface area contributed by atoms with E-state index in [1.165, 1.54) is 19.5 Å². The number of fused-ring (bicyclic) bond motifs is 1. The van der Waals surface area contributed by atoms with Crippen molar-refractivity contribution in [2.24, 2.45) is 5.73 Å². The molecule has 0 atom stereocenters. The van der Waals surface area contributed by atoms with E-state index in [0.717, 1.165) is 10.9 Å². The van der Waals surface area contributed by atoms with Gasteiger partial charge in [0.15, 0.2) is 0 Å². The SMILES string of the molecule is COC(=O)c1cc(-c2cccc(P(C)(C)=O)c2)c2ncn(C/C(F)=C/CN)c2c1. The van der Waals surface area contributed by atoms with Crippen LogP contribution in [0.3, 0.4) is 0 Å². The molecule has 1 heterocycles. The fourth-order valence-corrected chi connectivity index (χ4v) is 4.00. The van der Waals surface area contributed by atoms with Gasteiger partial charge in [-0.05, 0) is 43.2 Å². The van der Waals surface area contributed by atoms with E-state index in [0.29, 0.717) is 22.2 Å². The number of hydrogen-bond donors (Lipinski definition) is 1. The Bertz CT molecular complexity index is 1150. The number of carbonyl (C=O) groups is 1. The summed E-state index contributed by atoms with van der Waals surface area (Å²) in [6.45, 7) is 3.46. The summed E-state index contributed by atoms with van der Waals surface area (Å²) in [5, 5.41) is 0.725. The lowest BCUT2D eigenvalue weighted by atomic mass is 10.0. The van der Waals surface area contributed by atoms with Crippen LogP contribution in [0, 0.1) is 0 Å². The molecule has 0 aliphatic carbocycles. The Morgan fingerprint density at radius 3 is 2.72 bits per heavy atom. The van der Waals surface area contributed by atoms with Gasteiger partial charge >= 0.3 is 5.97 Å². The summed E-state index contributed by atoms with van der Waals surface area (Å²) in [7, 11) is -1.17. The fraction of sp³-hybridized carbons (Fsp3) is 0.238. The zero-order valence-electron chi connectivity index (χ0n) is 16.6. The van der Waals surface area contributed by atoms with Crippen molar-refractivity contribution in [3.63, 3.8) is 0 Å². The third-order valence-corrected chi connectivity index (χ3v) is 6.11. The van der Waals surface area contributed by atoms with E-state index in [9.17, 15) is 13.8 Å². The highest BCUT2D eigenvalue weighted by molar-refractivity contribution is 7.70. The average molecular weight is 415 g/mol. The van der Waals surface area contributed by atoms with Gasteiger partial charge in [0.05, 0.1) is 36.6 Å². The molecule has 6 nitrogen and oxygen atoms in total. The minimum atomic E-state index is -2.47. The van der Waals surface area contributed by atoms with E-state index >= 15 is 0 Å². The summed E-state index contributed by atoms with van der Waals surface area (Å²) in [5.41, 5.74) is 8.34. The Morgan fingerprint density at radius 1 is 1.31 bits per heavy atom. The molecule has 0 aliphatic heterocycles. The van der Waals surface area contributed by atoms with E-state index in [2.05, 4.69) is 4.98 Å². The van der Waals surface area contributed by atoms with E-state index in [1.807, 2.05) is 24.3 Å². The first-order valence-corrected chi connectivity index (χ1v) is 11.6. The van der Waals surface area contributed by atoms with Gasteiger partial charge in [-0.1, -0.05) is 18.2 Å². The predicted octanol–water partition coefficient (Wildman–Crippen LogP) is 3.55. The quantitative estimate of drug-likeness (QED) is 0.491. The molecule has 0 fully saturated rings. The van der Waals surface area contributed by atoms with Crippen LogP contribution in [0.1, 0.15) is 10.4 Å². The van der Waals surface area contributed by atoms with Crippen molar-refractivity contribution in [3.8, 4) is 11.1 Å². The summed E-state index contributed by atoms with van der Waals surface area (Å²) in [4.78, 5) is 16.7. The first-order chi connectivity index (χ1) is 13.7. The molecule has 8 heteroatoms. The van der Waals surface area contributed by atoms with Crippen LogP contribution in [0.25, 0.3) is 22.2 Å². The largest absolute Gasteiger partial charge is 0.465 e. The highest BCUT2D eigenvalue weighted by Gasteiger charge is 2.18. The van der Waals surface area contributed by atoms with Crippen molar-refractivity contribution in [1.29, 1.82) is 0 Å². The van der Waals surface area contributed by atoms with Crippen molar-refractivity contribution in [3.05, 3.63) is 60.2 Å². The Morgan fingerprint density at radius 2 is 2.07 bits per heavy atom. The number of nitrogens with zero attached hydrogens (tertiary/aromatic N) is 2. The molecule has 2 N–H and O–H groups in total. The van der Waals surface area contributed by atoms with Crippen LogP contribution in [0.15, 0.2) is 54.6 Å². The molecule has 1 aromatic heterocycles. The lowest BCUT2D eigenvalue weighted by Gasteiger charge is -2.12. The number of nitrogens with two attached hydrogens (primary N) is 1. The molecule has 2 aromatic carbocycles. The van der Waals surface area contributed by atoms with Crippen LogP contribution in [-0.4, -0.2) is 42.5 Å². The molecule has 0 spiro atoms. The van der Waals surface area contributed by atoms with Crippen molar-refractivity contribution in [2.75, 3.05) is 27.0 Å². The van der Waals surface area contributed by atoms with Gasteiger partial charge in [-0.2, -0.15) is 0 Å². The molecule has 0 saturated carbocycles. The van der Waals surface area contributed by atoms with E-state index in [-0.39, 0.29) is 13.1 Å². The van der Waals surface area contributed by atoms with E-state index < -0.39 is 18.9 Å². The van der Waals surface area contributed by atoms with Crippen molar-refractivity contribution >= 4 is 29.4 Å². The lowest BCUT2D eigenvalue weighted by molar-refractivity contribution is 0.0601. The highest BCUT2D eigenvalue weighted by atomic mass is 31.2. The first kappa shape index (κ1) is 21.0. The molecule has 0 bridgehead atoms. The number of benzene rings is 2. The van der Waals surface area contributed by atoms with E-state index in [1.54, 1.807) is 30.0 Å². The maximum absolute atomic E-state index is 14.0. The monoisotopic (exact) mass is 415 g/mol. The molecular weight excluding hydrogens is 392 g/mol. The second kappa shape index (κ2) is 8.31. The van der Waals surface area contributed by atoms with Crippen LogP contribution in [0.4, 0.5) is 4.39 Å². The van der Waals surface area contributed by atoms with Crippen molar-refractivity contribution in [1.82, 2.24) is 9.55 Å². The molecule has 0 radical (unpaired) electrons. The molecular formula is C21H23FN3O3P. The van der Waals surface area contributed by atoms with Gasteiger partial charge in [0.25, 0.3) is 0 Å². The van der Waals surface area contributed by atoms with E-state index in [4.69, 9.17) is 10.5 Å². The van der Waals surface area contributed by atoms with Crippen LogP contribution in [0.2, 0.25) is 0 Å². The topological polar surface area (TPSA) is 87.2 Å². The fourth-order valence-electron chi connectivity index (χ4n) is 3.11. The minimum absolute atomic E-state index is 0.0447. The molecule has 29 heavy (non-hydrogen) atoms. The third kappa shape index (κ3) is 4.47. The summed E-state index contributed by atoms with van der Waals surface area (Å²) >= 11 is 0. The minimum Gasteiger partial charge on any atom is -0.465 e. The number of hydrogen-bond acceptors (Lipinski definition) is 5. The Labute approximate surface area is 168 Å². The normalized spacial score (nSPS) is 12.4. The molecule has 152 valence electrons. The number of rotatable bonds is 6. The summed E-state index contributed by atoms with van der Waals surface area (Å²) in [6, 6.07) is 10.7. The molecule has 3 rings (SSSR count). The molecule has 0 aliphatic rings. The maximum atomic E-state index is 14.0. The van der Waals surface area contributed by atoms with Crippen LogP contribution >= 0.6 is 7.14 Å². The standard InChI is InChI=1S/C21H23FN3O3P/c1-28-21(26)15-10-18(14-5-4-6-17(9-14)29(2,3)27)20-19(11-15)25(13-24-20)12-16(22)7-8-23/h4-7,9-11,13H,8,12,23H2,1-3H3/b16-7-. The molecule has 0 unspecified atom stereocenters. The van der Waals surface area contributed by atoms with Crippen LogP contribution < -0.4 is 11.0 Å². The van der Waals surface area contributed by atoms with Crippen molar-refractivity contribution < 1.29 is 18.5 Å². The number of imidazole rings is 1. The highest BCUT2D eigenvalue weighted by Crippen LogP contribution is 2.37. The Hall–Kier alpha value is -2.76. The number of methoxy groups -OCH3 is 1. The number of aromatic nitrogens is 2. The second-order valence-electron chi connectivity index (χ2n) is 7.04. The van der Waals surface area contributed by atoms with Crippen LogP contribution in [-0.2, 0) is 15.8 Å². The Balaban J connectivity index is 2.24. The van der Waals surface area contributed by atoms with Gasteiger partial charge in [0.2, 0.25) is 0 Å². The maximum Gasteiger partial charge on any atom is 0.337 e. The van der Waals surface area contributed by atoms with Crippen LogP contribution in [0.5, 0.6) is 0 Å². The molecule has 3 aromatic rings. The van der Waals surface area contributed by atoms with Crippen molar-refractivity contribution in [2.45, 2.75) is 6.54 Å². The number of allylic oxidation sites excluding steroid dienone is 1. The van der Waals surface area contributed by atoms with Gasteiger partial charge < -0.3 is 19.6 Å². The molecule has 0 amide bonds. The third-order valence-electron chi connectivity index (χ3n) is 4.59. The predicted molar refractivity (Wildman–Crippen MR) is 114 cm³/mol. The summed E-state index contributed by atoms with van der Waals surface area (Å²) < 4.78 is 33.0. The summed E-state index contributed by atoms with van der Waals surface area (Å²) in [6.07, 6.45) is 2.81. The van der Waals surface area contributed by atoms with Gasteiger partial charge in [0, 0.05) is 17.4 Å². The summed E-state index contributed by atoms with van der Waals surface area (Å²) in [5.74, 6) is -0.900. The van der Waals surface area contributed by atoms with Gasteiger partial charge in [-0.3, -0.25) is 0 Å². The zero-order valence-corrected chi connectivity index (χ0v) is 17.4. The van der Waals surface area contributed by atoms with Gasteiger partial charge in [-0.15, -0.1) is 0 Å². The second-order valence-corrected chi connectivity index (χ2v) is 10.3. The number of carbonyl (C=O) groups excluding carboxylic acids is 1. The molecule has 0 saturated heterocycles. The van der Waals surface area contributed by atoms with Gasteiger partial charge in [-0.25, -0.2) is 14.2 Å². The van der Waals surface area contributed by atoms with Gasteiger partial charge in [0.1, 0.15) is 13.0 Å². The number of halogens is 1. The smallest absolute Gasteiger partial charge is 0.337 e. The Kier molecular flexibility index (Phi) is 6.01. The first-order valence-electron chi connectivity index (χ1n) is 9.02. The zero-order chi connectivity index (χ0) is 21.2.